The van der Waals surface area contributed by atoms with Crippen LogP contribution in [0.1, 0.15) is 10.5 Å². The van der Waals surface area contributed by atoms with Gasteiger partial charge in [-0.1, -0.05) is 30.3 Å². The number of hydrogen-bond acceptors (Lipinski definition) is 6. The average Bonchev–Trinajstić information content (AvgIpc) is 2.80. The van der Waals surface area contributed by atoms with E-state index in [9.17, 15) is 4.79 Å². The first-order valence-electron chi connectivity index (χ1n) is 9.57. The maximum absolute atomic E-state index is 12.8. The third-order valence-corrected chi connectivity index (χ3v) is 4.94. The number of carbonyl (C=O) groups is 1. The van der Waals surface area contributed by atoms with Crippen molar-refractivity contribution in [3.05, 3.63) is 72.4 Å². The van der Waals surface area contributed by atoms with Gasteiger partial charge < -0.3 is 19.9 Å². The van der Waals surface area contributed by atoms with E-state index in [0.717, 1.165) is 18.8 Å². The summed E-state index contributed by atoms with van der Waals surface area (Å²) in [5, 5.41) is 11.4. The molecule has 0 bridgehead atoms. The van der Waals surface area contributed by atoms with Crippen LogP contribution in [0.15, 0.2) is 66.7 Å². The van der Waals surface area contributed by atoms with Crippen LogP contribution in [0.3, 0.4) is 0 Å². The predicted octanol–water partition coefficient (Wildman–Crippen LogP) is 3.19. The number of piperazine rings is 1. The molecular weight excluding hydrogens is 366 g/mol. The van der Waals surface area contributed by atoms with E-state index >= 15 is 0 Å². The summed E-state index contributed by atoms with van der Waals surface area (Å²) in [7, 11) is 1.62. The molecule has 0 unspecified atom stereocenters. The highest BCUT2D eigenvalue weighted by Gasteiger charge is 2.23. The summed E-state index contributed by atoms with van der Waals surface area (Å²) in [4.78, 5) is 16.9. The molecule has 4 rings (SSSR count). The van der Waals surface area contributed by atoms with Gasteiger partial charge in [0, 0.05) is 31.9 Å². The maximum atomic E-state index is 12.8. The number of aromatic nitrogens is 2. The van der Waals surface area contributed by atoms with Crippen LogP contribution in [0, 0.1) is 0 Å². The Balaban J connectivity index is 1.37. The van der Waals surface area contributed by atoms with Crippen LogP contribution in [0.25, 0.3) is 0 Å². The molecule has 0 spiro atoms. The minimum Gasteiger partial charge on any atom is -0.495 e. The van der Waals surface area contributed by atoms with Gasteiger partial charge >= 0.3 is 0 Å². The fourth-order valence-electron chi connectivity index (χ4n) is 3.37. The Morgan fingerprint density at radius 3 is 2.31 bits per heavy atom. The Kier molecular flexibility index (Phi) is 5.56. The number of nitrogens with zero attached hydrogens (tertiary/aromatic N) is 4. The van der Waals surface area contributed by atoms with Crippen molar-refractivity contribution in [3.63, 3.8) is 0 Å². The van der Waals surface area contributed by atoms with E-state index in [-0.39, 0.29) is 5.91 Å². The molecule has 1 saturated heterocycles. The number of nitrogens with one attached hydrogen (secondary N) is 1. The lowest BCUT2D eigenvalue weighted by Crippen LogP contribution is -2.49. The second-order valence-corrected chi connectivity index (χ2v) is 6.74. The lowest BCUT2D eigenvalue weighted by Gasteiger charge is -2.35. The highest BCUT2D eigenvalue weighted by molar-refractivity contribution is 5.92. The van der Waals surface area contributed by atoms with Gasteiger partial charge in [0.2, 0.25) is 0 Å². The Labute approximate surface area is 169 Å². The quantitative estimate of drug-likeness (QED) is 0.723. The lowest BCUT2D eigenvalue weighted by atomic mass is 10.2. The third kappa shape index (κ3) is 4.29. The molecular formula is C22H23N5O2. The monoisotopic (exact) mass is 389 g/mol. The zero-order valence-corrected chi connectivity index (χ0v) is 16.3. The van der Waals surface area contributed by atoms with Crippen LogP contribution in [-0.2, 0) is 0 Å². The molecule has 1 N–H and O–H groups in total. The van der Waals surface area contributed by atoms with Gasteiger partial charge in [-0.2, -0.15) is 0 Å². The Hall–Kier alpha value is -3.61. The first-order chi connectivity index (χ1) is 14.2. The maximum Gasteiger partial charge on any atom is 0.274 e. The fourth-order valence-corrected chi connectivity index (χ4v) is 3.37. The summed E-state index contributed by atoms with van der Waals surface area (Å²) < 4.78 is 5.32. The Bertz CT molecular complexity index is 954. The van der Waals surface area contributed by atoms with Crippen molar-refractivity contribution < 1.29 is 9.53 Å². The number of ether oxygens (including phenoxy) is 1. The number of hydrogen-bond donors (Lipinski definition) is 1. The molecule has 0 aliphatic carbocycles. The van der Waals surface area contributed by atoms with Gasteiger partial charge in [0.05, 0.1) is 12.8 Å². The second kappa shape index (κ2) is 8.60. The predicted molar refractivity (Wildman–Crippen MR) is 113 cm³/mol. The van der Waals surface area contributed by atoms with E-state index in [0.29, 0.717) is 30.4 Å². The van der Waals surface area contributed by atoms with E-state index in [1.807, 2.05) is 47.4 Å². The minimum atomic E-state index is -0.0888. The van der Waals surface area contributed by atoms with Gasteiger partial charge in [-0.05, 0) is 36.4 Å². The number of amides is 1. The molecule has 1 aliphatic heterocycles. The lowest BCUT2D eigenvalue weighted by molar-refractivity contribution is 0.0739. The zero-order valence-electron chi connectivity index (χ0n) is 16.3. The highest BCUT2D eigenvalue weighted by Crippen LogP contribution is 2.26. The number of anilines is 3. The minimum absolute atomic E-state index is 0.0888. The Morgan fingerprint density at radius 1 is 0.897 bits per heavy atom. The fraction of sp³-hybridized carbons (Fsp3) is 0.227. The highest BCUT2D eigenvalue weighted by atomic mass is 16.5. The summed E-state index contributed by atoms with van der Waals surface area (Å²) in [6, 6.07) is 21.3. The van der Waals surface area contributed by atoms with E-state index in [4.69, 9.17) is 4.74 Å². The number of carbonyl (C=O) groups excluding carboxylic acids is 1. The van der Waals surface area contributed by atoms with Gasteiger partial charge in [0.15, 0.2) is 11.5 Å². The smallest absolute Gasteiger partial charge is 0.274 e. The van der Waals surface area contributed by atoms with Gasteiger partial charge in [0.1, 0.15) is 5.75 Å². The summed E-state index contributed by atoms with van der Waals surface area (Å²) >= 11 is 0. The molecule has 1 amide bonds. The number of benzene rings is 2. The molecule has 2 aromatic carbocycles. The normalized spacial score (nSPS) is 13.8. The van der Waals surface area contributed by atoms with E-state index in [1.54, 1.807) is 19.2 Å². The number of methoxy groups -OCH3 is 1. The average molecular weight is 389 g/mol. The zero-order chi connectivity index (χ0) is 20.1. The molecule has 0 atom stereocenters. The second-order valence-electron chi connectivity index (χ2n) is 6.74. The van der Waals surface area contributed by atoms with E-state index in [1.165, 1.54) is 5.69 Å². The number of para-hydroxylation sites is 3. The van der Waals surface area contributed by atoms with Crippen molar-refractivity contribution in [2.45, 2.75) is 0 Å². The van der Waals surface area contributed by atoms with Gasteiger partial charge in [-0.25, -0.2) is 0 Å². The number of rotatable bonds is 5. The summed E-state index contributed by atoms with van der Waals surface area (Å²) in [5.41, 5.74) is 2.33. The first kappa shape index (κ1) is 18.7. The molecule has 1 fully saturated rings. The third-order valence-electron chi connectivity index (χ3n) is 4.94. The summed E-state index contributed by atoms with van der Waals surface area (Å²) in [6.45, 7) is 2.93. The molecule has 7 nitrogen and oxygen atoms in total. The van der Waals surface area contributed by atoms with Crippen LogP contribution < -0.4 is 15.0 Å². The van der Waals surface area contributed by atoms with Crippen LogP contribution in [-0.4, -0.2) is 54.3 Å². The SMILES string of the molecule is COc1ccccc1Nc1ccc(C(=O)N2CCN(c3ccccc3)CC2)nn1. The molecule has 1 aliphatic rings. The largest absolute Gasteiger partial charge is 0.495 e. The van der Waals surface area contributed by atoms with Gasteiger partial charge in [0.25, 0.3) is 5.91 Å². The van der Waals surface area contributed by atoms with E-state index < -0.39 is 0 Å². The van der Waals surface area contributed by atoms with Crippen LogP contribution in [0.4, 0.5) is 17.2 Å². The molecule has 0 radical (unpaired) electrons. The topological polar surface area (TPSA) is 70.6 Å². The van der Waals surface area contributed by atoms with Crippen molar-refractivity contribution in [1.29, 1.82) is 0 Å². The van der Waals surface area contributed by atoms with Crippen molar-refractivity contribution in [2.24, 2.45) is 0 Å². The molecule has 29 heavy (non-hydrogen) atoms. The summed E-state index contributed by atoms with van der Waals surface area (Å²) in [5.74, 6) is 1.18. The van der Waals surface area contributed by atoms with Gasteiger partial charge in [-0.3, -0.25) is 4.79 Å². The molecule has 2 heterocycles. The molecule has 148 valence electrons. The molecule has 1 aromatic heterocycles. The molecule has 3 aromatic rings. The van der Waals surface area contributed by atoms with Crippen LogP contribution >= 0.6 is 0 Å². The van der Waals surface area contributed by atoms with Crippen LogP contribution in [0.2, 0.25) is 0 Å². The van der Waals surface area contributed by atoms with Gasteiger partial charge in [-0.15, -0.1) is 10.2 Å². The van der Waals surface area contributed by atoms with E-state index in [2.05, 4.69) is 32.5 Å². The standard InChI is InChI=1S/C22H23N5O2/c1-29-20-10-6-5-9-18(20)23-21-12-11-19(24-25-21)22(28)27-15-13-26(14-16-27)17-7-3-2-4-8-17/h2-12H,13-16H2,1H3,(H,23,25). The van der Waals surface area contributed by atoms with Crippen molar-refractivity contribution in [3.8, 4) is 5.75 Å². The molecule has 0 saturated carbocycles. The van der Waals surface area contributed by atoms with Crippen molar-refractivity contribution in [1.82, 2.24) is 15.1 Å². The Morgan fingerprint density at radius 2 is 1.62 bits per heavy atom. The van der Waals surface area contributed by atoms with Crippen molar-refractivity contribution >= 4 is 23.1 Å². The summed E-state index contributed by atoms with van der Waals surface area (Å²) in [6.07, 6.45) is 0. The van der Waals surface area contributed by atoms with Crippen molar-refractivity contribution in [2.75, 3.05) is 43.5 Å². The van der Waals surface area contributed by atoms with Crippen LogP contribution in [0.5, 0.6) is 5.75 Å². The first-order valence-corrected chi connectivity index (χ1v) is 9.57. The molecule has 7 heteroatoms.